The van der Waals surface area contributed by atoms with Crippen molar-refractivity contribution in [1.29, 1.82) is 0 Å². The Morgan fingerprint density at radius 2 is 2.13 bits per heavy atom. The zero-order valence-corrected chi connectivity index (χ0v) is 9.29. The number of halogens is 1. The quantitative estimate of drug-likeness (QED) is 0.760. The minimum Gasteiger partial charge on any atom is -0.494 e. The third-order valence-electron chi connectivity index (χ3n) is 2.14. The van der Waals surface area contributed by atoms with Crippen LogP contribution in [0.4, 0.5) is 4.39 Å². The fourth-order valence-electron chi connectivity index (χ4n) is 1.23. The van der Waals surface area contributed by atoms with E-state index in [1.807, 2.05) is 6.07 Å². The van der Waals surface area contributed by atoms with Crippen LogP contribution in [0, 0.1) is 0 Å². The van der Waals surface area contributed by atoms with E-state index in [2.05, 4.69) is 0 Å². The summed E-state index contributed by atoms with van der Waals surface area (Å²) in [5, 5.41) is 0. The van der Waals surface area contributed by atoms with Crippen molar-refractivity contribution in [2.24, 2.45) is 5.73 Å². The van der Waals surface area contributed by atoms with Gasteiger partial charge in [-0.25, -0.2) is 4.39 Å². The average Bonchev–Trinajstić information content (AvgIpc) is 2.17. The van der Waals surface area contributed by atoms with Crippen LogP contribution in [0.15, 0.2) is 24.3 Å². The van der Waals surface area contributed by atoms with Gasteiger partial charge < -0.3 is 10.5 Å². The third kappa shape index (κ3) is 3.88. The molecule has 0 saturated heterocycles. The van der Waals surface area contributed by atoms with Crippen LogP contribution in [-0.2, 0) is 5.67 Å². The molecule has 0 amide bonds. The third-order valence-corrected chi connectivity index (χ3v) is 2.14. The van der Waals surface area contributed by atoms with E-state index in [9.17, 15) is 4.39 Å². The summed E-state index contributed by atoms with van der Waals surface area (Å²) in [6.07, 6.45) is 0.809. The van der Waals surface area contributed by atoms with Crippen LogP contribution < -0.4 is 10.5 Å². The van der Waals surface area contributed by atoms with E-state index in [1.165, 1.54) is 13.8 Å². The molecule has 0 atom stereocenters. The van der Waals surface area contributed by atoms with Crippen LogP contribution in [0.1, 0.15) is 25.8 Å². The molecule has 0 spiro atoms. The minimum absolute atomic E-state index is 0.576. The molecule has 0 heterocycles. The first-order valence-corrected chi connectivity index (χ1v) is 5.16. The molecule has 0 bridgehead atoms. The summed E-state index contributed by atoms with van der Waals surface area (Å²) in [7, 11) is 0. The first-order chi connectivity index (χ1) is 7.04. The first-order valence-electron chi connectivity index (χ1n) is 5.16. The highest BCUT2D eigenvalue weighted by Gasteiger charge is 2.18. The molecular formula is C12H18FNO. The van der Waals surface area contributed by atoms with Gasteiger partial charge in [-0.05, 0) is 44.5 Å². The zero-order valence-electron chi connectivity index (χ0n) is 9.29. The fraction of sp³-hybridized carbons (Fsp3) is 0.500. The second-order valence-corrected chi connectivity index (χ2v) is 3.99. The van der Waals surface area contributed by atoms with Crippen molar-refractivity contribution >= 4 is 0 Å². The molecule has 0 saturated carbocycles. The van der Waals surface area contributed by atoms with Gasteiger partial charge in [-0.2, -0.15) is 0 Å². The fourth-order valence-corrected chi connectivity index (χ4v) is 1.23. The lowest BCUT2D eigenvalue weighted by atomic mass is 10.0. The van der Waals surface area contributed by atoms with E-state index in [-0.39, 0.29) is 0 Å². The first kappa shape index (κ1) is 12.0. The van der Waals surface area contributed by atoms with Crippen LogP contribution in [0.5, 0.6) is 5.75 Å². The molecule has 0 fully saturated rings. The van der Waals surface area contributed by atoms with E-state index in [0.717, 1.165) is 6.42 Å². The van der Waals surface area contributed by atoms with Gasteiger partial charge in [-0.3, -0.25) is 0 Å². The monoisotopic (exact) mass is 211 g/mol. The smallest absolute Gasteiger partial charge is 0.130 e. The average molecular weight is 211 g/mol. The molecule has 84 valence electrons. The van der Waals surface area contributed by atoms with Crippen molar-refractivity contribution in [2.75, 3.05) is 13.2 Å². The standard InChI is InChI=1S/C12H18FNO/c1-12(2,13)10-5-3-6-11(9-10)15-8-4-7-14/h3,5-6,9H,4,7-8,14H2,1-2H3. The molecule has 0 unspecified atom stereocenters. The molecule has 1 aromatic rings. The van der Waals surface area contributed by atoms with Crippen LogP contribution in [0.25, 0.3) is 0 Å². The zero-order chi connectivity index (χ0) is 11.3. The second-order valence-electron chi connectivity index (χ2n) is 3.99. The molecular weight excluding hydrogens is 193 g/mol. The predicted octanol–water partition coefficient (Wildman–Crippen LogP) is 2.62. The maximum atomic E-state index is 13.6. The number of alkyl halides is 1. The Hall–Kier alpha value is -1.09. The lowest BCUT2D eigenvalue weighted by Gasteiger charge is -2.15. The van der Waals surface area contributed by atoms with Gasteiger partial charge in [0, 0.05) is 0 Å². The Labute approximate surface area is 90.2 Å². The van der Waals surface area contributed by atoms with Crippen LogP contribution >= 0.6 is 0 Å². The second kappa shape index (κ2) is 5.12. The molecule has 1 aromatic carbocycles. The molecule has 2 N–H and O–H groups in total. The number of hydrogen-bond acceptors (Lipinski definition) is 2. The minimum atomic E-state index is -1.33. The van der Waals surface area contributed by atoms with Gasteiger partial charge in [-0.15, -0.1) is 0 Å². The predicted molar refractivity (Wildman–Crippen MR) is 59.7 cm³/mol. The molecule has 0 aromatic heterocycles. The van der Waals surface area contributed by atoms with Crippen LogP contribution in [0.3, 0.4) is 0 Å². The molecule has 3 heteroatoms. The molecule has 0 aliphatic heterocycles. The van der Waals surface area contributed by atoms with Gasteiger partial charge in [0.1, 0.15) is 11.4 Å². The highest BCUT2D eigenvalue weighted by Crippen LogP contribution is 2.27. The highest BCUT2D eigenvalue weighted by molar-refractivity contribution is 5.31. The van der Waals surface area contributed by atoms with E-state index in [0.29, 0.717) is 24.5 Å². The van der Waals surface area contributed by atoms with Gasteiger partial charge >= 0.3 is 0 Å². The van der Waals surface area contributed by atoms with E-state index in [1.54, 1.807) is 18.2 Å². The SMILES string of the molecule is CC(C)(F)c1cccc(OCCCN)c1. The van der Waals surface area contributed by atoms with Gasteiger partial charge in [0.2, 0.25) is 0 Å². The van der Waals surface area contributed by atoms with Crippen LogP contribution in [0.2, 0.25) is 0 Å². The summed E-state index contributed by atoms with van der Waals surface area (Å²) in [5.41, 5.74) is 4.66. The molecule has 2 nitrogen and oxygen atoms in total. The summed E-state index contributed by atoms with van der Waals surface area (Å²) in [6, 6.07) is 7.12. The number of hydrogen-bond donors (Lipinski definition) is 1. The Kier molecular flexibility index (Phi) is 4.09. The van der Waals surface area contributed by atoms with Crippen LogP contribution in [-0.4, -0.2) is 13.2 Å². The molecule has 0 aliphatic carbocycles. The number of benzene rings is 1. The Morgan fingerprint density at radius 1 is 1.40 bits per heavy atom. The topological polar surface area (TPSA) is 35.2 Å². The lowest BCUT2D eigenvalue weighted by molar-refractivity contribution is 0.220. The van der Waals surface area contributed by atoms with E-state index in [4.69, 9.17) is 10.5 Å². The maximum absolute atomic E-state index is 13.6. The molecule has 0 radical (unpaired) electrons. The van der Waals surface area contributed by atoms with Gasteiger partial charge in [0.15, 0.2) is 0 Å². The van der Waals surface area contributed by atoms with Gasteiger partial charge in [0.25, 0.3) is 0 Å². The summed E-state index contributed by atoms with van der Waals surface area (Å²) in [6.45, 7) is 4.25. The van der Waals surface area contributed by atoms with Gasteiger partial charge in [-0.1, -0.05) is 12.1 Å². The largest absolute Gasteiger partial charge is 0.494 e. The Balaban J connectivity index is 2.66. The number of rotatable bonds is 5. The van der Waals surface area contributed by atoms with Crippen molar-refractivity contribution < 1.29 is 9.13 Å². The van der Waals surface area contributed by atoms with Crippen molar-refractivity contribution in [3.05, 3.63) is 29.8 Å². The summed E-state index contributed by atoms with van der Waals surface area (Å²) in [5.74, 6) is 0.701. The van der Waals surface area contributed by atoms with E-state index < -0.39 is 5.67 Å². The van der Waals surface area contributed by atoms with Gasteiger partial charge in [0.05, 0.1) is 6.61 Å². The number of ether oxygens (including phenoxy) is 1. The summed E-state index contributed by atoms with van der Waals surface area (Å²) in [4.78, 5) is 0. The maximum Gasteiger partial charge on any atom is 0.130 e. The van der Waals surface area contributed by atoms with Crippen molar-refractivity contribution in [2.45, 2.75) is 25.9 Å². The highest BCUT2D eigenvalue weighted by atomic mass is 19.1. The summed E-state index contributed by atoms with van der Waals surface area (Å²) >= 11 is 0. The normalized spacial score (nSPS) is 11.5. The lowest BCUT2D eigenvalue weighted by Crippen LogP contribution is -2.10. The Morgan fingerprint density at radius 3 is 2.73 bits per heavy atom. The Bertz CT molecular complexity index is 307. The number of nitrogens with two attached hydrogens (primary N) is 1. The van der Waals surface area contributed by atoms with E-state index >= 15 is 0 Å². The molecule has 0 aliphatic rings. The van der Waals surface area contributed by atoms with Crippen molar-refractivity contribution in [3.8, 4) is 5.75 Å². The molecule has 1 rings (SSSR count). The molecule has 15 heavy (non-hydrogen) atoms. The summed E-state index contributed by atoms with van der Waals surface area (Å²) < 4.78 is 19.0. The van der Waals surface area contributed by atoms with Crippen molar-refractivity contribution in [3.63, 3.8) is 0 Å². The van der Waals surface area contributed by atoms with Crippen molar-refractivity contribution in [1.82, 2.24) is 0 Å².